The van der Waals surface area contributed by atoms with E-state index in [1.165, 1.54) is 0 Å². The van der Waals surface area contributed by atoms with E-state index >= 15 is 0 Å². The molecule has 1 saturated heterocycles. The molecule has 3 nitrogen and oxygen atoms in total. The maximum atomic E-state index is 12.8. The molecule has 0 N–H and O–H groups in total. The molecule has 0 spiro atoms. The van der Waals surface area contributed by atoms with Gasteiger partial charge in [-0.05, 0) is 25.0 Å². The number of benzene rings is 1. The Morgan fingerprint density at radius 3 is 2.28 bits per heavy atom. The number of carbonyl (C=O) groups is 1. The summed E-state index contributed by atoms with van der Waals surface area (Å²) in [6, 6.07) is 9.97. The van der Waals surface area contributed by atoms with Gasteiger partial charge in [-0.2, -0.15) is 0 Å². The van der Waals surface area contributed by atoms with E-state index in [2.05, 4.69) is 32.2 Å². The average molecular weight is 399 g/mol. The molecular weight excluding hydrogens is 368 g/mol. The highest BCUT2D eigenvalue weighted by molar-refractivity contribution is 8.20. The molecule has 0 amide bonds. The first kappa shape index (κ1) is 21.0. The number of rotatable bonds is 7. The van der Waals surface area contributed by atoms with Crippen molar-refractivity contribution < 1.29 is 14.3 Å². The fourth-order valence-electron chi connectivity index (χ4n) is 3.59. The molecule has 1 aliphatic heterocycles. The van der Waals surface area contributed by atoms with Crippen molar-refractivity contribution in [3.8, 4) is 0 Å². The van der Waals surface area contributed by atoms with Crippen molar-refractivity contribution in [2.24, 2.45) is 0 Å². The summed E-state index contributed by atoms with van der Waals surface area (Å²) in [5.74, 6) is 0.172. The smallest absolute Gasteiger partial charge is 0.166 e. The molecule has 1 heterocycles. The lowest BCUT2D eigenvalue weighted by Gasteiger charge is -2.49. The molecule has 1 aromatic carbocycles. The Kier molecular flexibility index (Phi) is 7.24. The lowest BCUT2D eigenvalue weighted by molar-refractivity contribution is -0.164. The zero-order chi connectivity index (χ0) is 18.7. The largest absolute Gasteiger partial charge is 0.370 e. The van der Waals surface area contributed by atoms with Gasteiger partial charge in [0.1, 0.15) is 6.10 Å². The van der Waals surface area contributed by atoms with Gasteiger partial charge in [0.25, 0.3) is 0 Å². The molecule has 2 rings (SSSR count). The van der Waals surface area contributed by atoms with Crippen LogP contribution in [0.1, 0.15) is 18.9 Å². The van der Waals surface area contributed by atoms with E-state index in [4.69, 9.17) is 9.47 Å². The molecule has 0 saturated carbocycles. The second kappa shape index (κ2) is 8.61. The van der Waals surface area contributed by atoms with Crippen LogP contribution >= 0.6 is 23.5 Å². The summed E-state index contributed by atoms with van der Waals surface area (Å²) in [4.78, 5) is 12.8. The van der Waals surface area contributed by atoms with Gasteiger partial charge in [-0.15, -0.1) is 23.5 Å². The van der Waals surface area contributed by atoms with Crippen LogP contribution in [-0.2, 0) is 20.9 Å². The summed E-state index contributed by atoms with van der Waals surface area (Å²) >= 11 is 3.71. The SMILES string of the molecule is CSC(SC)([C@H]1CC(=O)[C@@H](OCc2ccccc2)[C@H](C)O1)[Si](C)(C)C. The first-order valence-electron chi connectivity index (χ1n) is 8.69. The number of hydrogen-bond donors (Lipinski definition) is 0. The predicted molar refractivity (Wildman–Crippen MR) is 112 cm³/mol. The fourth-order valence-corrected chi connectivity index (χ4v) is 11.1. The summed E-state index contributed by atoms with van der Waals surface area (Å²) in [5, 5.41) is 0. The van der Waals surface area contributed by atoms with Crippen LogP contribution in [0.2, 0.25) is 19.6 Å². The maximum absolute atomic E-state index is 12.8. The van der Waals surface area contributed by atoms with Crippen LogP contribution < -0.4 is 0 Å². The monoisotopic (exact) mass is 398 g/mol. The second-order valence-corrected chi connectivity index (χ2v) is 15.9. The summed E-state index contributed by atoms with van der Waals surface area (Å²) in [7, 11) is -1.57. The van der Waals surface area contributed by atoms with Gasteiger partial charge >= 0.3 is 0 Å². The first-order chi connectivity index (χ1) is 11.7. The van der Waals surface area contributed by atoms with Crippen molar-refractivity contribution in [2.75, 3.05) is 12.5 Å². The summed E-state index contributed by atoms with van der Waals surface area (Å²) in [6.07, 6.45) is 3.99. The van der Waals surface area contributed by atoms with Gasteiger partial charge < -0.3 is 9.47 Å². The van der Waals surface area contributed by atoms with Gasteiger partial charge in [-0.25, -0.2) is 0 Å². The van der Waals surface area contributed by atoms with Crippen LogP contribution in [0.15, 0.2) is 30.3 Å². The van der Waals surface area contributed by atoms with E-state index in [1.807, 2.05) is 60.8 Å². The molecule has 3 atom stereocenters. The van der Waals surface area contributed by atoms with Crippen LogP contribution in [-0.4, -0.2) is 48.4 Å². The fraction of sp³-hybridized carbons (Fsp3) is 0.632. The minimum Gasteiger partial charge on any atom is -0.370 e. The lowest BCUT2D eigenvalue weighted by atomic mass is 10.0. The Hall–Kier alpha value is -0.273. The van der Waals surface area contributed by atoms with Crippen molar-refractivity contribution in [3.63, 3.8) is 0 Å². The molecule has 25 heavy (non-hydrogen) atoms. The number of ketones is 1. The van der Waals surface area contributed by atoms with Crippen molar-refractivity contribution in [1.82, 2.24) is 0 Å². The Bertz CT molecular complexity index is 570. The predicted octanol–water partition coefficient (Wildman–Crippen LogP) is 4.62. The van der Waals surface area contributed by atoms with E-state index in [0.29, 0.717) is 13.0 Å². The van der Waals surface area contributed by atoms with Crippen molar-refractivity contribution in [1.29, 1.82) is 0 Å². The van der Waals surface area contributed by atoms with Gasteiger partial charge in [0.15, 0.2) is 5.78 Å². The molecule has 0 aliphatic carbocycles. The number of Topliss-reactive ketones (excluding diaryl/α,β-unsaturated/α-hetero) is 1. The summed E-state index contributed by atoms with van der Waals surface area (Å²) < 4.78 is 12.3. The van der Waals surface area contributed by atoms with Gasteiger partial charge in [0, 0.05) is 6.42 Å². The van der Waals surface area contributed by atoms with Gasteiger partial charge in [-0.1, -0.05) is 50.0 Å². The Balaban J connectivity index is 2.09. The molecular formula is C19H30O3S2Si. The van der Waals surface area contributed by atoms with Crippen LogP contribution in [0.3, 0.4) is 0 Å². The quantitative estimate of drug-likeness (QED) is 0.495. The maximum Gasteiger partial charge on any atom is 0.166 e. The Morgan fingerprint density at radius 2 is 1.80 bits per heavy atom. The standard InChI is InChI=1S/C19H30O3S2Si/c1-14-18(21-13-15-10-8-7-9-11-15)16(20)12-17(22-14)19(23-2,24-3)25(4,5)6/h7-11,14,17-18H,12-13H2,1-6H3/t14-,17+,18-/m0/s1. The third kappa shape index (κ3) is 4.53. The molecule has 0 radical (unpaired) electrons. The van der Waals surface area contributed by atoms with Crippen LogP contribution in [0.5, 0.6) is 0 Å². The lowest BCUT2D eigenvalue weighted by Crippen LogP contribution is -2.60. The van der Waals surface area contributed by atoms with Crippen molar-refractivity contribution in [2.45, 2.75) is 61.6 Å². The van der Waals surface area contributed by atoms with E-state index in [0.717, 1.165) is 5.56 Å². The highest BCUT2D eigenvalue weighted by atomic mass is 32.2. The van der Waals surface area contributed by atoms with Crippen molar-refractivity contribution >= 4 is 37.4 Å². The van der Waals surface area contributed by atoms with Crippen LogP contribution in [0, 0.1) is 0 Å². The first-order valence-corrected chi connectivity index (χ1v) is 14.6. The summed E-state index contributed by atoms with van der Waals surface area (Å²) in [5.41, 5.74) is 1.08. The van der Waals surface area contributed by atoms with Gasteiger partial charge in [0.2, 0.25) is 0 Å². The van der Waals surface area contributed by atoms with Gasteiger partial charge in [-0.3, -0.25) is 4.79 Å². The van der Waals surface area contributed by atoms with E-state index in [1.54, 1.807) is 0 Å². The number of carbonyl (C=O) groups excluding carboxylic acids is 1. The average Bonchev–Trinajstić information content (AvgIpc) is 2.55. The minimum absolute atomic E-state index is 0.0265. The minimum atomic E-state index is -1.57. The Morgan fingerprint density at radius 1 is 1.20 bits per heavy atom. The highest BCUT2D eigenvalue weighted by Crippen LogP contribution is 2.48. The topological polar surface area (TPSA) is 35.5 Å². The van der Waals surface area contributed by atoms with Gasteiger partial charge in [0.05, 0.1) is 30.6 Å². The molecule has 1 fully saturated rings. The third-order valence-corrected chi connectivity index (χ3v) is 14.9. The normalized spacial score (nSPS) is 25.2. The Labute approximate surface area is 161 Å². The molecule has 140 valence electrons. The molecule has 0 aromatic heterocycles. The molecule has 0 bridgehead atoms. The number of hydrogen-bond acceptors (Lipinski definition) is 5. The number of thioether (sulfide) groups is 2. The molecule has 1 aromatic rings. The second-order valence-electron chi connectivity index (χ2n) is 7.54. The van der Waals surface area contributed by atoms with E-state index < -0.39 is 14.2 Å². The van der Waals surface area contributed by atoms with E-state index in [-0.39, 0.29) is 21.7 Å². The summed E-state index contributed by atoms with van der Waals surface area (Å²) in [6.45, 7) is 9.48. The van der Waals surface area contributed by atoms with E-state index in [9.17, 15) is 4.79 Å². The van der Waals surface area contributed by atoms with Crippen LogP contribution in [0.25, 0.3) is 0 Å². The molecule has 1 aliphatic rings. The zero-order valence-electron chi connectivity index (χ0n) is 16.1. The third-order valence-electron chi connectivity index (χ3n) is 4.86. The van der Waals surface area contributed by atoms with Crippen molar-refractivity contribution in [3.05, 3.63) is 35.9 Å². The number of ether oxygens (including phenoxy) is 2. The highest BCUT2D eigenvalue weighted by Gasteiger charge is 2.53. The molecule has 6 heteroatoms. The van der Waals surface area contributed by atoms with Crippen LogP contribution in [0.4, 0.5) is 0 Å². The molecule has 0 unspecified atom stereocenters. The zero-order valence-corrected chi connectivity index (χ0v) is 18.7.